The van der Waals surface area contributed by atoms with E-state index in [9.17, 15) is 8.42 Å². The molecule has 0 unspecified atom stereocenters. The van der Waals surface area contributed by atoms with Gasteiger partial charge in [0.25, 0.3) is 10.0 Å². The molecular weight excluding hydrogens is 254 g/mol. The van der Waals surface area contributed by atoms with Crippen molar-refractivity contribution in [1.29, 1.82) is 0 Å². The Bertz CT molecular complexity index is 466. The van der Waals surface area contributed by atoms with Crippen LogP contribution in [0.4, 0.5) is 0 Å². The van der Waals surface area contributed by atoms with Gasteiger partial charge in [0.1, 0.15) is 0 Å². The summed E-state index contributed by atoms with van der Waals surface area (Å²) in [7, 11) is -2.06. The van der Waals surface area contributed by atoms with Crippen molar-refractivity contribution in [3.05, 3.63) is 11.2 Å². The molecule has 1 aromatic heterocycles. The number of hydrogen-bond acceptors (Lipinski definition) is 5. The summed E-state index contributed by atoms with van der Waals surface area (Å²) in [6.07, 6.45) is 1.34. The van der Waals surface area contributed by atoms with E-state index in [0.29, 0.717) is 5.01 Å². The maximum Gasteiger partial charge on any atom is 0.254 e. The Morgan fingerprint density at radius 1 is 1.73 bits per heavy atom. The maximum atomic E-state index is 11.9. The van der Waals surface area contributed by atoms with Crippen LogP contribution in [0.15, 0.2) is 10.4 Å². The summed E-state index contributed by atoms with van der Waals surface area (Å²) in [4.78, 5) is 4.03. The zero-order chi connectivity index (χ0) is 11.6. The molecule has 0 radical (unpaired) electrons. The molecule has 8 heteroatoms. The molecular formula is C7H11N3O2S3. The number of sulfonamides is 1. The van der Waals surface area contributed by atoms with Gasteiger partial charge in [0.15, 0.2) is 4.21 Å². The summed E-state index contributed by atoms with van der Waals surface area (Å²) in [6, 6.07) is 0. The Balaban J connectivity index is 2.98. The molecule has 0 bridgehead atoms. The largest absolute Gasteiger partial charge is 0.392 e. The fourth-order valence-electron chi connectivity index (χ4n) is 0.919. The third-order valence-electron chi connectivity index (χ3n) is 1.64. The van der Waals surface area contributed by atoms with Crippen LogP contribution in [0.1, 0.15) is 5.01 Å². The summed E-state index contributed by atoms with van der Waals surface area (Å²) >= 11 is 5.78. The topological polar surface area (TPSA) is 76.3 Å². The SMILES string of the molecule is Cc1ncc(S(=O)(=O)N(C)CC(N)=S)s1. The molecule has 0 aromatic carbocycles. The van der Waals surface area contributed by atoms with Crippen LogP contribution in [0.5, 0.6) is 0 Å². The van der Waals surface area contributed by atoms with Gasteiger partial charge in [-0.25, -0.2) is 13.4 Å². The van der Waals surface area contributed by atoms with Crippen LogP contribution in [-0.4, -0.2) is 36.3 Å². The molecule has 1 rings (SSSR count). The summed E-state index contributed by atoms with van der Waals surface area (Å²) < 4.78 is 25.0. The zero-order valence-electron chi connectivity index (χ0n) is 8.30. The van der Waals surface area contributed by atoms with Gasteiger partial charge in [-0.05, 0) is 6.92 Å². The Kier molecular flexibility index (Phi) is 3.77. The first kappa shape index (κ1) is 12.5. The van der Waals surface area contributed by atoms with Gasteiger partial charge in [-0.3, -0.25) is 0 Å². The van der Waals surface area contributed by atoms with Gasteiger partial charge in [0, 0.05) is 7.05 Å². The number of thiocarbonyl (C=S) groups is 1. The van der Waals surface area contributed by atoms with Crippen molar-refractivity contribution in [2.24, 2.45) is 5.73 Å². The van der Waals surface area contributed by atoms with Gasteiger partial charge in [0.05, 0.1) is 22.7 Å². The van der Waals surface area contributed by atoms with E-state index < -0.39 is 10.0 Å². The van der Waals surface area contributed by atoms with E-state index in [1.165, 1.54) is 13.2 Å². The quantitative estimate of drug-likeness (QED) is 0.795. The molecule has 0 atom stereocenters. The van der Waals surface area contributed by atoms with Gasteiger partial charge in [-0.15, -0.1) is 11.3 Å². The minimum atomic E-state index is -3.49. The minimum Gasteiger partial charge on any atom is -0.392 e. The number of hydrogen-bond donors (Lipinski definition) is 1. The van der Waals surface area contributed by atoms with E-state index in [1.54, 1.807) is 6.92 Å². The zero-order valence-corrected chi connectivity index (χ0v) is 10.7. The van der Waals surface area contributed by atoms with Crippen molar-refractivity contribution in [1.82, 2.24) is 9.29 Å². The average Bonchev–Trinajstić information content (AvgIpc) is 2.50. The number of aromatic nitrogens is 1. The van der Waals surface area contributed by atoms with Crippen molar-refractivity contribution >= 4 is 38.6 Å². The number of rotatable bonds is 4. The van der Waals surface area contributed by atoms with Crippen molar-refractivity contribution in [2.45, 2.75) is 11.1 Å². The molecule has 0 aliphatic heterocycles. The Labute approximate surface area is 98.0 Å². The van der Waals surface area contributed by atoms with Crippen LogP contribution in [0.2, 0.25) is 0 Å². The molecule has 0 spiro atoms. The van der Waals surface area contributed by atoms with E-state index in [2.05, 4.69) is 17.2 Å². The minimum absolute atomic E-state index is 0.0363. The first-order valence-electron chi connectivity index (χ1n) is 4.01. The molecule has 0 aliphatic rings. The lowest BCUT2D eigenvalue weighted by molar-refractivity contribution is 0.508. The summed E-state index contributed by atoms with van der Waals surface area (Å²) in [5, 5.41) is 0.706. The molecule has 0 amide bonds. The smallest absolute Gasteiger partial charge is 0.254 e. The molecule has 15 heavy (non-hydrogen) atoms. The molecule has 1 aromatic rings. The molecule has 5 nitrogen and oxygen atoms in total. The van der Waals surface area contributed by atoms with Crippen molar-refractivity contribution < 1.29 is 8.42 Å². The fourth-order valence-corrected chi connectivity index (χ4v) is 3.66. The normalized spacial score (nSPS) is 11.9. The lowest BCUT2D eigenvalue weighted by atomic mass is 10.7. The molecule has 1 heterocycles. The third-order valence-corrected chi connectivity index (χ3v) is 4.93. The van der Waals surface area contributed by atoms with Crippen LogP contribution in [-0.2, 0) is 10.0 Å². The van der Waals surface area contributed by atoms with Gasteiger partial charge in [0.2, 0.25) is 0 Å². The maximum absolute atomic E-state index is 11.9. The second-order valence-corrected chi connectivity index (χ2v) is 6.96. The standard InChI is InChI=1S/C7H11N3O2S3/c1-5-9-3-7(14-5)15(11,12)10(2)4-6(8)13/h3H,4H2,1-2H3,(H2,8,13). The van der Waals surface area contributed by atoms with Crippen LogP contribution in [0.3, 0.4) is 0 Å². The van der Waals surface area contributed by atoms with Crippen LogP contribution < -0.4 is 5.73 Å². The Hall–Kier alpha value is -0.570. The Morgan fingerprint density at radius 2 is 2.33 bits per heavy atom. The summed E-state index contributed by atoms with van der Waals surface area (Å²) in [5.74, 6) is 0. The fraction of sp³-hybridized carbons (Fsp3) is 0.429. The number of aryl methyl sites for hydroxylation is 1. The molecule has 0 fully saturated rings. The van der Waals surface area contributed by atoms with E-state index in [1.807, 2.05) is 0 Å². The first-order chi connectivity index (χ1) is 6.84. The number of nitrogens with two attached hydrogens (primary N) is 1. The molecule has 2 N–H and O–H groups in total. The van der Waals surface area contributed by atoms with E-state index in [4.69, 9.17) is 5.73 Å². The Morgan fingerprint density at radius 3 is 2.73 bits per heavy atom. The summed E-state index contributed by atoms with van der Waals surface area (Å²) in [6.45, 7) is 1.78. The highest BCUT2D eigenvalue weighted by Gasteiger charge is 2.23. The van der Waals surface area contributed by atoms with Gasteiger partial charge in [-0.2, -0.15) is 4.31 Å². The lowest BCUT2D eigenvalue weighted by Crippen LogP contribution is -2.34. The number of likely N-dealkylation sites (N-methyl/N-ethyl adjacent to an activating group) is 1. The highest BCUT2D eigenvalue weighted by molar-refractivity contribution is 7.91. The van der Waals surface area contributed by atoms with Crippen molar-refractivity contribution in [3.63, 3.8) is 0 Å². The second-order valence-electron chi connectivity index (χ2n) is 2.93. The molecule has 0 saturated carbocycles. The van der Waals surface area contributed by atoms with E-state index in [-0.39, 0.29) is 15.7 Å². The first-order valence-corrected chi connectivity index (χ1v) is 6.67. The van der Waals surface area contributed by atoms with E-state index >= 15 is 0 Å². The molecule has 84 valence electrons. The predicted molar refractivity (Wildman–Crippen MR) is 63.5 cm³/mol. The number of thiazole rings is 1. The second kappa shape index (κ2) is 4.52. The highest BCUT2D eigenvalue weighted by Crippen LogP contribution is 2.20. The predicted octanol–water partition coefficient (Wildman–Crippen LogP) is 0.358. The number of nitrogens with zero attached hydrogens (tertiary/aromatic N) is 2. The average molecular weight is 265 g/mol. The van der Waals surface area contributed by atoms with Gasteiger partial charge >= 0.3 is 0 Å². The van der Waals surface area contributed by atoms with Crippen LogP contribution >= 0.6 is 23.6 Å². The van der Waals surface area contributed by atoms with Gasteiger partial charge in [-0.1, -0.05) is 12.2 Å². The summed E-state index contributed by atoms with van der Waals surface area (Å²) in [5.41, 5.74) is 5.29. The van der Waals surface area contributed by atoms with E-state index in [0.717, 1.165) is 15.6 Å². The van der Waals surface area contributed by atoms with Crippen molar-refractivity contribution in [3.8, 4) is 0 Å². The molecule has 0 saturated heterocycles. The molecule has 0 aliphatic carbocycles. The van der Waals surface area contributed by atoms with Crippen LogP contribution in [0, 0.1) is 6.92 Å². The third kappa shape index (κ3) is 2.94. The highest BCUT2D eigenvalue weighted by atomic mass is 32.2. The monoisotopic (exact) mass is 265 g/mol. The van der Waals surface area contributed by atoms with Gasteiger partial charge < -0.3 is 5.73 Å². The lowest BCUT2D eigenvalue weighted by Gasteiger charge is -2.14. The van der Waals surface area contributed by atoms with Crippen LogP contribution in [0.25, 0.3) is 0 Å². The van der Waals surface area contributed by atoms with Crippen molar-refractivity contribution in [2.75, 3.05) is 13.6 Å².